The molecule has 0 saturated carbocycles. The van der Waals surface area contributed by atoms with Crippen LogP contribution in [0.1, 0.15) is 25.0 Å². The lowest BCUT2D eigenvalue weighted by molar-refractivity contribution is -0.141. The topological polar surface area (TPSA) is 46.5 Å². The molecule has 1 aromatic rings. The molecule has 1 unspecified atom stereocenters. The van der Waals surface area contributed by atoms with Crippen molar-refractivity contribution in [2.75, 3.05) is 6.61 Å². The van der Waals surface area contributed by atoms with E-state index in [1.165, 1.54) is 0 Å². The molecular formula is C13H15BrO3. The predicted molar refractivity (Wildman–Crippen MR) is 69.5 cm³/mol. The fourth-order valence-electron chi connectivity index (χ4n) is 1.20. The van der Waals surface area contributed by atoms with Gasteiger partial charge in [0.2, 0.25) is 0 Å². The number of esters is 1. The van der Waals surface area contributed by atoms with Gasteiger partial charge in [0.25, 0.3) is 0 Å². The molecule has 1 rings (SSSR count). The lowest BCUT2D eigenvalue weighted by Crippen LogP contribution is -2.02. The van der Waals surface area contributed by atoms with Crippen molar-refractivity contribution < 1.29 is 14.6 Å². The summed E-state index contributed by atoms with van der Waals surface area (Å²) in [6.45, 7) is 1.93. The Hall–Kier alpha value is -1.13. The Morgan fingerprint density at radius 2 is 2.12 bits per heavy atom. The van der Waals surface area contributed by atoms with Crippen molar-refractivity contribution in [3.63, 3.8) is 0 Å². The lowest BCUT2D eigenvalue weighted by atomic mass is 10.1. The number of rotatable bonds is 5. The van der Waals surface area contributed by atoms with Crippen LogP contribution >= 0.6 is 15.9 Å². The van der Waals surface area contributed by atoms with E-state index in [1.54, 1.807) is 19.1 Å². The molecule has 0 amide bonds. The number of carbonyl (C=O) groups excluding carboxylic acids is 1. The first-order valence-corrected chi connectivity index (χ1v) is 6.18. The first-order valence-electron chi connectivity index (χ1n) is 5.39. The van der Waals surface area contributed by atoms with Crippen molar-refractivity contribution >= 4 is 21.9 Å². The van der Waals surface area contributed by atoms with E-state index in [2.05, 4.69) is 15.9 Å². The van der Waals surface area contributed by atoms with Crippen LogP contribution in [0.3, 0.4) is 0 Å². The minimum Gasteiger partial charge on any atom is -0.461 e. The van der Waals surface area contributed by atoms with Crippen LogP contribution in [-0.4, -0.2) is 17.7 Å². The monoisotopic (exact) mass is 298 g/mol. The van der Waals surface area contributed by atoms with Gasteiger partial charge in [-0.05, 0) is 23.8 Å². The number of hydrogen-bond acceptors (Lipinski definition) is 3. The second kappa shape index (κ2) is 7.25. The molecule has 0 radical (unpaired) electrons. The number of carbonyl (C=O) groups is 1. The first kappa shape index (κ1) is 13.9. The van der Waals surface area contributed by atoms with E-state index in [4.69, 9.17) is 4.74 Å². The molecule has 0 aliphatic rings. The quantitative estimate of drug-likeness (QED) is 0.671. The van der Waals surface area contributed by atoms with E-state index in [1.807, 2.05) is 24.3 Å². The minimum atomic E-state index is -0.677. The number of aliphatic hydroxyl groups is 1. The van der Waals surface area contributed by atoms with Crippen molar-refractivity contribution in [2.24, 2.45) is 0 Å². The summed E-state index contributed by atoms with van der Waals surface area (Å²) in [5.74, 6) is -0.243. The van der Waals surface area contributed by atoms with Crippen LogP contribution in [0.15, 0.2) is 40.9 Å². The Balaban J connectivity index is 2.43. The molecular weight excluding hydrogens is 284 g/mol. The smallest absolute Gasteiger partial charge is 0.305 e. The molecule has 0 heterocycles. The normalized spacial score (nSPS) is 12.6. The van der Waals surface area contributed by atoms with Gasteiger partial charge in [-0.2, -0.15) is 0 Å². The largest absolute Gasteiger partial charge is 0.461 e. The van der Waals surface area contributed by atoms with Crippen molar-refractivity contribution in [1.82, 2.24) is 0 Å². The number of benzene rings is 1. The molecule has 1 N–H and O–H groups in total. The molecule has 0 aliphatic carbocycles. The summed E-state index contributed by atoms with van der Waals surface area (Å²) >= 11 is 3.33. The number of ether oxygens (including phenoxy) is 1. The lowest BCUT2D eigenvalue weighted by Gasteiger charge is -2.05. The van der Waals surface area contributed by atoms with E-state index in [0.29, 0.717) is 6.42 Å². The van der Waals surface area contributed by atoms with Crippen LogP contribution < -0.4 is 0 Å². The van der Waals surface area contributed by atoms with Gasteiger partial charge in [0.05, 0.1) is 6.10 Å². The second-order valence-corrected chi connectivity index (χ2v) is 4.38. The molecule has 17 heavy (non-hydrogen) atoms. The van der Waals surface area contributed by atoms with Crippen LogP contribution in [0, 0.1) is 0 Å². The van der Waals surface area contributed by atoms with E-state index in [9.17, 15) is 9.90 Å². The zero-order valence-corrected chi connectivity index (χ0v) is 11.2. The van der Waals surface area contributed by atoms with Crippen molar-refractivity contribution in [3.05, 3.63) is 46.5 Å². The Bertz CT molecular complexity index is 384. The molecule has 0 fully saturated rings. The summed E-state index contributed by atoms with van der Waals surface area (Å²) in [6.07, 6.45) is 2.93. The van der Waals surface area contributed by atoms with E-state index in [0.717, 1.165) is 10.0 Å². The van der Waals surface area contributed by atoms with Crippen molar-refractivity contribution in [2.45, 2.75) is 19.4 Å². The highest BCUT2D eigenvalue weighted by Crippen LogP contribution is 2.17. The number of hydrogen-bond donors (Lipinski definition) is 1. The maximum absolute atomic E-state index is 10.8. The standard InChI is InChI=1S/C13H15BrO3/c1-2-13(16)17-9-3-4-12(15)10-5-7-11(14)8-6-10/h3-8,12,15H,2,9H2,1H3/b4-3+. The molecule has 4 heteroatoms. The summed E-state index contributed by atoms with van der Waals surface area (Å²) in [4.78, 5) is 10.8. The average Bonchev–Trinajstić information content (AvgIpc) is 2.34. The summed E-state index contributed by atoms with van der Waals surface area (Å²) in [6, 6.07) is 7.39. The van der Waals surface area contributed by atoms with Crippen LogP contribution in [0.25, 0.3) is 0 Å². The summed E-state index contributed by atoms with van der Waals surface area (Å²) < 4.78 is 5.82. The Morgan fingerprint density at radius 3 is 2.71 bits per heavy atom. The van der Waals surface area contributed by atoms with Crippen molar-refractivity contribution in [1.29, 1.82) is 0 Å². The van der Waals surface area contributed by atoms with Crippen LogP contribution in [0.5, 0.6) is 0 Å². The Labute approximate surface area is 109 Å². The van der Waals surface area contributed by atoms with Crippen LogP contribution in [0.4, 0.5) is 0 Å². The Morgan fingerprint density at radius 1 is 1.47 bits per heavy atom. The molecule has 0 bridgehead atoms. The minimum absolute atomic E-state index is 0.195. The third-order valence-corrected chi connectivity index (χ3v) is 2.69. The van der Waals surface area contributed by atoms with Gasteiger partial charge in [-0.15, -0.1) is 0 Å². The Kier molecular flexibility index (Phi) is 5.94. The zero-order valence-electron chi connectivity index (χ0n) is 9.60. The third kappa shape index (κ3) is 5.15. The van der Waals surface area contributed by atoms with Gasteiger partial charge in [-0.1, -0.05) is 41.1 Å². The summed E-state index contributed by atoms with van der Waals surface area (Å²) in [5, 5.41) is 9.79. The number of halogens is 1. The van der Waals surface area contributed by atoms with Gasteiger partial charge in [0, 0.05) is 10.9 Å². The summed E-state index contributed by atoms with van der Waals surface area (Å²) in [5.41, 5.74) is 0.797. The van der Waals surface area contributed by atoms with Gasteiger partial charge in [0.15, 0.2) is 0 Å². The van der Waals surface area contributed by atoms with Gasteiger partial charge in [-0.3, -0.25) is 4.79 Å². The van der Waals surface area contributed by atoms with E-state index < -0.39 is 6.10 Å². The van der Waals surface area contributed by atoms with Gasteiger partial charge in [-0.25, -0.2) is 0 Å². The fraction of sp³-hybridized carbons (Fsp3) is 0.308. The second-order valence-electron chi connectivity index (χ2n) is 3.46. The zero-order chi connectivity index (χ0) is 12.7. The van der Waals surface area contributed by atoms with Gasteiger partial charge >= 0.3 is 5.97 Å². The fourth-order valence-corrected chi connectivity index (χ4v) is 1.46. The molecule has 0 saturated heterocycles. The maximum Gasteiger partial charge on any atom is 0.305 e. The molecule has 1 aromatic carbocycles. The van der Waals surface area contributed by atoms with Crippen LogP contribution in [-0.2, 0) is 9.53 Å². The molecule has 0 aromatic heterocycles. The molecule has 0 spiro atoms. The molecule has 92 valence electrons. The van der Waals surface area contributed by atoms with E-state index in [-0.39, 0.29) is 12.6 Å². The first-order chi connectivity index (χ1) is 8.13. The maximum atomic E-state index is 10.8. The van der Waals surface area contributed by atoms with E-state index >= 15 is 0 Å². The molecule has 1 atom stereocenters. The third-order valence-electron chi connectivity index (χ3n) is 2.16. The van der Waals surface area contributed by atoms with Crippen molar-refractivity contribution in [3.8, 4) is 0 Å². The van der Waals surface area contributed by atoms with Gasteiger partial charge in [0.1, 0.15) is 6.61 Å². The average molecular weight is 299 g/mol. The predicted octanol–water partition coefficient (Wildman–Crippen LogP) is 2.99. The highest BCUT2D eigenvalue weighted by atomic mass is 79.9. The van der Waals surface area contributed by atoms with Gasteiger partial charge < -0.3 is 9.84 Å². The summed E-state index contributed by atoms with van der Waals surface area (Å²) in [7, 11) is 0. The highest BCUT2D eigenvalue weighted by molar-refractivity contribution is 9.10. The molecule has 0 aliphatic heterocycles. The molecule has 3 nitrogen and oxygen atoms in total. The highest BCUT2D eigenvalue weighted by Gasteiger charge is 2.02. The van der Waals surface area contributed by atoms with Crippen LogP contribution in [0.2, 0.25) is 0 Å². The SMILES string of the molecule is CCC(=O)OC/C=C/C(O)c1ccc(Br)cc1. The number of aliphatic hydroxyl groups excluding tert-OH is 1.